The fourth-order valence-corrected chi connectivity index (χ4v) is 4.84. The lowest BCUT2D eigenvalue weighted by Gasteiger charge is -2.34. The first-order valence-electron chi connectivity index (χ1n) is 7.17. The van der Waals surface area contributed by atoms with Crippen LogP contribution < -0.4 is 5.32 Å². The Hall–Kier alpha value is -0.620. The van der Waals surface area contributed by atoms with Crippen molar-refractivity contribution in [2.45, 2.75) is 45.2 Å². The monoisotopic (exact) mass is 288 g/mol. The summed E-state index contributed by atoms with van der Waals surface area (Å²) in [5.41, 5.74) is 0. The summed E-state index contributed by atoms with van der Waals surface area (Å²) in [6.45, 7) is 5.55. The Morgan fingerprint density at radius 2 is 2.11 bits per heavy atom. The molecular formula is C13H24N2O3S. The van der Waals surface area contributed by atoms with E-state index in [1.165, 1.54) is 0 Å². The van der Waals surface area contributed by atoms with E-state index in [-0.39, 0.29) is 29.5 Å². The smallest absolute Gasteiger partial charge is 0.239 e. The molecule has 0 bridgehead atoms. The number of sulfone groups is 1. The maximum absolute atomic E-state index is 12.5. The number of carbonyl (C=O) groups excluding carboxylic acids is 1. The summed E-state index contributed by atoms with van der Waals surface area (Å²) in [5.74, 6) is 0.988. The Kier molecular flexibility index (Phi) is 4.50. The van der Waals surface area contributed by atoms with Crippen molar-refractivity contribution >= 4 is 15.7 Å². The lowest BCUT2D eigenvalue weighted by Crippen LogP contribution is -2.53. The van der Waals surface area contributed by atoms with Crippen molar-refractivity contribution < 1.29 is 13.2 Å². The van der Waals surface area contributed by atoms with Crippen molar-refractivity contribution in [3.63, 3.8) is 0 Å². The van der Waals surface area contributed by atoms with E-state index in [0.29, 0.717) is 18.9 Å². The number of likely N-dealkylation sites (N-methyl/N-ethyl adjacent to an activating group) is 1. The number of hydrogen-bond donors (Lipinski definition) is 1. The molecule has 2 aliphatic rings. The van der Waals surface area contributed by atoms with E-state index in [1.54, 1.807) is 4.90 Å². The van der Waals surface area contributed by atoms with E-state index in [1.807, 2.05) is 6.92 Å². The van der Waals surface area contributed by atoms with Gasteiger partial charge in [0.1, 0.15) is 0 Å². The average molecular weight is 288 g/mol. The fraction of sp³-hybridized carbons (Fsp3) is 0.923. The van der Waals surface area contributed by atoms with Gasteiger partial charge >= 0.3 is 0 Å². The second-order valence-corrected chi connectivity index (χ2v) is 8.05. The highest BCUT2D eigenvalue weighted by atomic mass is 32.2. The number of nitrogens with zero attached hydrogens (tertiary/aromatic N) is 1. The van der Waals surface area contributed by atoms with Gasteiger partial charge in [0.2, 0.25) is 5.91 Å². The van der Waals surface area contributed by atoms with E-state index in [2.05, 4.69) is 12.2 Å². The number of rotatable bonds is 3. The maximum Gasteiger partial charge on any atom is 0.239 e. The number of amides is 1. The van der Waals surface area contributed by atoms with Gasteiger partial charge < -0.3 is 10.2 Å². The minimum Gasteiger partial charge on any atom is -0.338 e. The highest BCUT2D eigenvalue weighted by molar-refractivity contribution is 7.91. The zero-order chi connectivity index (χ0) is 14.0. The van der Waals surface area contributed by atoms with Crippen LogP contribution in [0, 0.1) is 5.92 Å². The molecule has 2 rings (SSSR count). The molecule has 3 atom stereocenters. The molecule has 2 aliphatic heterocycles. The largest absolute Gasteiger partial charge is 0.338 e. The second kappa shape index (κ2) is 5.79. The van der Waals surface area contributed by atoms with Crippen LogP contribution >= 0.6 is 0 Å². The topological polar surface area (TPSA) is 66.5 Å². The fourth-order valence-electron chi connectivity index (χ4n) is 3.11. The number of hydrogen-bond acceptors (Lipinski definition) is 4. The van der Waals surface area contributed by atoms with Crippen LogP contribution in [0.1, 0.15) is 33.1 Å². The van der Waals surface area contributed by atoms with E-state index in [4.69, 9.17) is 0 Å². The van der Waals surface area contributed by atoms with Crippen LogP contribution in [-0.2, 0) is 14.6 Å². The summed E-state index contributed by atoms with van der Waals surface area (Å²) in [7, 11) is -2.94. The van der Waals surface area contributed by atoms with Crippen molar-refractivity contribution in [3.05, 3.63) is 0 Å². The first kappa shape index (κ1) is 14.8. The van der Waals surface area contributed by atoms with Gasteiger partial charge in [0.15, 0.2) is 9.84 Å². The third-order valence-corrected chi connectivity index (χ3v) is 5.99. The van der Waals surface area contributed by atoms with E-state index >= 15 is 0 Å². The minimum atomic E-state index is -2.94. The molecule has 0 radical (unpaired) electrons. The maximum atomic E-state index is 12.5. The molecular weight excluding hydrogens is 264 g/mol. The zero-order valence-electron chi connectivity index (χ0n) is 11.8. The van der Waals surface area contributed by atoms with Crippen molar-refractivity contribution in [3.8, 4) is 0 Å². The molecule has 0 aromatic rings. The molecule has 1 N–H and O–H groups in total. The first-order valence-corrected chi connectivity index (χ1v) is 8.99. The summed E-state index contributed by atoms with van der Waals surface area (Å²) in [5, 5.41) is 3.27. The predicted octanol–water partition coefficient (Wildman–Crippen LogP) is 0.410. The van der Waals surface area contributed by atoms with Crippen molar-refractivity contribution in [1.29, 1.82) is 0 Å². The van der Waals surface area contributed by atoms with Crippen molar-refractivity contribution in [1.82, 2.24) is 10.2 Å². The van der Waals surface area contributed by atoms with Gasteiger partial charge in [-0.15, -0.1) is 0 Å². The summed E-state index contributed by atoms with van der Waals surface area (Å²) in [4.78, 5) is 14.3. The molecule has 0 aliphatic carbocycles. The quantitative estimate of drug-likeness (QED) is 0.817. The molecule has 1 amide bonds. The van der Waals surface area contributed by atoms with Gasteiger partial charge in [-0.25, -0.2) is 8.42 Å². The summed E-state index contributed by atoms with van der Waals surface area (Å²) in [6.07, 6.45) is 2.55. The second-order valence-electron chi connectivity index (χ2n) is 5.82. The third kappa shape index (κ3) is 3.48. The van der Waals surface area contributed by atoms with Gasteiger partial charge in [-0.2, -0.15) is 0 Å². The Labute approximate surface area is 115 Å². The lowest BCUT2D eigenvalue weighted by molar-refractivity contribution is -0.136. The lowest BCUT2D eigenvalue weighted by atomic mass is 9.93. The summed E-state index contributed by atoms with van der Waals surface area (Å²) >= 11 is 0. The number of carbonyl (C=O) groups is 1. The molecule has 2 saturated heterocycles. The normalized spacial score (nSPS) is 34.1. The molecule has 0 saturated carbocycles. The van der Waals surface area contributed by atoms with Crippen LogP contribution in [0.4, 0.5) is 0 Å². The van der Waals surface area contributed by atoms with E-state index in [0.717, 1.165) is 19.4 Å². The Morgan fingerprint density at radius 1 is 1.37 bits per heavy atom. The van der Waals surface area contributed by atoms with Gasteiger partial charge in [0, 0.05) is 12.6 Å². The SMILES string of the molecule is CCN(C(=O)C1CC(C)CCN1)C1CCS(=O)(=O)C1. The highest BCUT2D eigenvalue weighted by Gasteiger charge is 2.37. The van der Waals surface area contributed by atoms with Crippen LogP contribution in [0.5, 0.6) is 0 Å². The standard InChI is InChI=1S/C13H24N2O3S/c1-3-15(11-5-7-19(17,18)9-11)13(16)12-8-10(2)4-6-14-12/h10-12,14H,3-9H2,1-2H3. The molecule has 0 aromatic carbocycles. The van der Waals surface area contributed by atoms with Gasteiger partial charge in [-0.1, -0.05) is 6.92 Å². The molecule has 2 fully saturated rings. The predicted molar refractivity (Wildman–Crippen MR) is 74.6 cm³/mol. The van der Waals surface area contributed by atoms with E-state index < -0.39 is 9.84 Å². The van der Waals surface area contributed by atoms with Crippen LogP contribution in [0.25, 0.3) is 0 Å². The molecule has 0 aromatic heterocycles. The van der Waals surface area contributed by atoms with Gasteiger partial charge in [-0.05, 0) is 38.6 Å². The van der Waals surface area contributed by atoms with Crippen LogP contribution in [0.3, 0.4) is 0 Å². The Balaban J connectivity index is 2.03. The molecule has 0 spiro atoms. The average Bonchev–Trinajstić information content (AvgIpc) is 2.70. The van der Waals surface area contributed by atoms with Gasteiger partial charge in [0.05, 0.1) is 17.5 Å². The van der Waals surface area contributed by atoms with Crippen LogP contribution in [0.2, 0.25) is 0 Å². The zero-order valence-corrected chi connectivity index (χ0v) is 12.6. The van der Waals surface area contributed by atoms with Gasteiger partial charge in [0.25, 0.3) is 0 Å². The molecule has 110 valence electrons. The number of piperidine rings is 1. The van der Waals surface area contributed by atoms with Gasteiger partial charge in [-0.3, -0.25) is 4.79 Å². The summed E-state index contributed by atoms with van der Waals surface area (Å²) in [6, 6.07) is -0.256. The third-order valence-electron chi connectivity index (χ3n) is 4.24. The molecule has 2 heterocycles. The Morgan fingerprint density at radius 3 is 2.63 bits per heavy atom. The number of nitrogens with one attached hydrogen (secondary N) is 1. The van der Waals surface area contributed by atoms with Crippen LogP contribution in [-0.4, -0.2) is 55.9 Å². The van der Waals surface area contributed by atoms with Crippen LogP contribution in [0.15, 0.2) is 0 Å². The van der Waals surface area contributed by atoms with Crippen molar-refractivity contribution in [2.75, 3.05) is 24.6 Å². The molecule has 5 nitrogen and oxygen atoms in total. The molecule has 19 heavy (non-hydrogen) atoms. The molecule has 6 heteroatoms. The minimum absolute atomic E-state index is 0.0798. The van der Waals surface area contributed by atoms with Crippen molar-refractivity contribution in [2.24, 2.45) is 5.92 Å². The molecule has 3 unspecified atom stereocenters. The summed E-state index contributed by atoms with van der Waals surface area (Å²) < 4.78 is 23.1. The van der Waals surface area contributed by atoms with E-state index in [9.17, 15) is 13.2 Å². The Bertz CT molecular complexity index is 435. The first-order chi connectivity index (χ1) is 8.93. The highest BCUT2D eigenvalue weighted by Crippen LogP contribution is 2.21.